The van der Waals surface area contributed by atoms with Gasteiger partial charge in [0, 0.05) is 31.8 Å². The Balaban J connectivity index is 2.11. The Hall–Kier alpha value is -2.32. The highest BCUT2D eigenvalue weighted by Crippen LogP contribution is 2.18. The zero-order valence-electron chi connectivity index (χ0n) is 13.8. The van der Waals surface area contributed by atoms with Crippen LogP contribution in [0.25, 0.3) is 0 Å². The highest BCUT2D eigenvalue weighted by molar-refractivity contribution is 7.89. The molecule has 0 bridgehead atoms. The quantitative estimate of drug-likeness (QED) is 0.852. The average molecular weight is 368 g/mol. The third-order valence-electron chi connectivity index (χ3n) is 3.61. The van der Waals surface area contributed by atoms with Crippen LogP contribution < -0.4 is 9.62 Å². The number of nitrogens with one attached hydrogen (secondary N) is 1. The number of benzene rings is 2. The van der Waals surface area contributed by atoms with Crippen molar-refractivity contribution in [3.05, 3.63) is 59.7 Å². The van der Waals surface area contributed by atoms with E-state index in [9.17, 15) is 22.0 Å². The molecular weight excluding hydrogens is 350 g/mol. The van der Waals surface area contributed by atoms with Gasteiger partial charge in [0.15, 0.2) is 11.6 Å². The maximum atomic E-state index is 13.4. The summed E-state index contributed by atoms with van der Waals surface area (Å²) in [7, 11) is -3.73. The lowest BCUT2D eigenvalue weighted by molar-refractivity contribution is -0.116. The minimum Gasteiger partial charge on any atom is -0.311 e. The SMILES string of the molecule is CC(=O)N(CCNS(=O)(=O)c1ccccc1C)c1ccc(F)c(F)c1. The Morgan fingerprint density at radius 1 is 1.12 bits per heavy atom. The van der Waals surface area contributed by atoms with Gasteiger partial charge in [-0.2, -0.15) is 0 Å². The molecule has 134 valence electrons. The number of carbonyl (C=O) groups excluding carboxylic acids is 1. The first kappa shape index (κ1) is 19.0. The predicted octanol–water partition coefficient (Wildman–Crippen LogP) is 2.60. The highest BCUT2D eigenvalue weighted by Gasteiger charge is 2.18. The molecule has 0 saturated heterocycles. The Bertz CT molecular complexity index is 885. The molecule has 2 rings (SSSR count). The summed E-state index contributed by atoms with van der Waals surface area (Å²) < 4.78 is 53.4. The minimum absolute atomic E-state index is 0.0223. The van der Waals surface area contributed by atoms with Gasteiger partial charge < -0.3 is 4.90 Å². The molecule has 0 aliphatic carbocycles. The van der Waals surface area contributed by atoms with Gasteiger partial charge in [-0.25, -0.2) is 21.9 Å². The summed E-state index contributed by atoms with van der Waals surface area (Å²) in [5.74, 6) is -2.52. The Labute approximate surface area is 145 Å². The molecule has 0 radical (unpaired) electrons. The first-order valence-electron chi connectivity index (χ1n) is 7.51. The van der Waals surface area contributed by atoms with Crippen molar-refractivity contribution in [1.29, 1.82) is 0 Å². The van der Waals surface area contributed by atoms with Gasteiger partial charge in [0.05, 0.1) is 4.90 Å². The molecule has 5 nitrogen and oxygen atoms in total. The molecule has 0 saturated carbocycles. The van der Waals surface area contributed by atoms with Crippen molar-refractivity contribution in [2.45, 2.75) is 18.7 Å². The fourth-order valence-corrected chi connectivity index (χ4v) is 3.61. The van der Waals surface area contributed by atoms with Gasteiger partial charge in [0.1, 0.15) is 0 Å². The van der Waals surface area contributed by atoms with Crippen molar-refractivity contribution < 1.29 is 22.0 Å². The number of anilines is 1. The van der Waals surface area contributed by atoms with E-state index >= 15 is 0 Å². The molecule has 1 N–H and O–H groups in total. The minimum atomic E-state index is -3.73. The van der Waals surface area contributed by atoms with Gasteiger partial charge in [-0.05, 0) is 30.7 Å². The van der Waals surface area contributed by atoms with Crippen molar-refractivity contribution in [3.8, 4) is 0 Å². The molecule has 0 spiro atoms. The fourth-order valence-electron chi connectivity index (χ4n) is 2.35. The van der Waals surface area contributed by atoms with Crippen molar-refractivity contribution in [2.24, 2.45) is 0 Å². The number of nitrogens with zero attached hydrogens (tertiary/aromatic N) is 1. The van der Waals surface area contributed by atoms with Gasteiger partial charge in [0.25, 0.3) is 0 Å². The van der Waals surface area contributed by atoms with E-state index in [4.69, 9.17) is 0 Å². The van der Waals surface area contributed by atoms with Crippen LogP contribution in [0.1, 0.15) is 12.5 Å². The zero-order valence-corrected chi connectivity index (χ0v) is 14.6. The van der Waals surface area contributed by atoms with Gasteiger partial charge in [0.2, 0.25) is 15.9 Å². The molecule has 0 aliphatic rings. The van der Waals surface area contributed by atoms with Gasteiger partial charge >= 0.3 is 0 Å². The van der Waals surface area contributed by atoms with Crippen molar-refractivity contribution in [3.63, 3.8) is 0 Å². The monoisotopic (exact) mass is 368 g/mol. The van der Waals surface area contributed by atoms with Crippen LogP contribution in [0, 0.1) is 18.6 Å². The molecule has 0 aliphatic heterocycles. The van der Waals surface area contributed by atoms with E-state index in [-0.39, 0.29) is 23.7 Å². The first-order chi connectivity index (χ1) is 11.7. The summed E-state index contributed by atoms with van der Waals surface area (Å²) in [4.78, 5) is 13.1. The second-order valence-corrected chi connectivity index (χ2v) is 7.17. The Morgan fingerprint density at radius 3 is 2.40 bits per heavy atom. The molecule has 0 aromatic heterocycles. The Kier molecular flexibility index (Phi) is 5.86. The van der Waals surface area contributed by atoms with E-state index in [0.29, 0.717) is 5.56 Å². The molecule has 2 aromatic rings. The lowest BCUT2D eigenvalue weighted by Gasteiger charge is -2.21. The van der Waals surface area contributed by atoms with Crippen LogP contribution in [0.3, 0.4) is 0 Å². The van der Waals surface area contributed by atoms with Crippen LogP contribution in [-0.2, 0) is 14.8 Å². The van der Waals surface area contributed by atoms with Crippen LogP contribution in [0.15, 0.2) is 47.4 Å². The van der Waals surface area contributed by atoms with Gasteiger partial charge in [-0.3, -0.25) is 4.79 Å². The van der Waals surface area contributed by atoms with Crippen LogP contribution in [0.2, 0.25) is 0 Å². The van der Waals surface area contributed by atoms with Crippen molar-refractivity contribution >= 4 is 21.6 Å². The predicted molar refractivity (Wildman–Crippen MR) is 90.8 cm³/mol. The first-order valence-corrected chi connectivity index (χ1v) is 8.99. The second kappa shape index (κ2) is 7.71. The maximum Gasteiger partial charge on any atom is 0.240 e. The number of aryl methyl sites for hydroxylation is 1. The summed E-state index contributed by atoms with van der Waals surface area (Å²) in [5.41, 5.74) is 0.750. The van der Waals surface area contributed by atoms with E-state index in [1.165, 1.54) is 24.0 Å². The van der Waals surface area contributed by atoms with Crippen molar-refractivity contribution in [1.82, 2.24) is 4.72 Å². The number of hydrogen-bond acceptors (Lipinski definition) is 3. The summed E-state index contributed by atoms with van der Waals surface area (Å²) >= 11 is 0. The summed E-state index contributed by atoms with van der Waals surface area (Å²) in [6, 6.07) is 9.58. The Morgan fingerprint density at radius 2 is 1.80 bits per heavy atom. The van der Waals surface area contributed by atoms with Gasteiger partial charge in [-0.15, -0.1) is 0 Å². The van der Waals surface area contributed by atoms with E-state index in [1.807, 2.05) is 0 Å². The molecule has 0 fully saturated rings. The van der Waals surface area contributed by atoms with E-state index < -0.39 is 27.6 Å². The largest absolute Gasteiger partial charge is 0.311 e. The number of halogens is 2. The summed E-state index contributed by atoms with van der Waals surface area (Å²) in [6.07, 6.45) is 0. The number of amides is 1. The molecule has 0 unspecified atom stereocenters. The number of carbonyl (C=O) groups is 1. The van der Waals surface area contributed by atoms with E-state index in [1.54, 1.807) is 25.1 Å². The molecule has 1 amide bonds. The second-order valence-electron chi connectivity index (χ2n) is 5.43. The zero-order chi connectivity index (χ0) is 18.6. The summed E-state index contributed by atoms with van der Waals surface area (Å²) in [5, 5.41) is 0. The molecule has 0 atom stereocenters. The van der Waals surface area contributed by atoms with Crippen LogP contribution in [-0.4, -0.2) is 27.4 Å². The van der Waals surface area contributed by atoms with Crippen LogP contribution >= 0.6 is 0 Å². The molecular formula is C17H18F2N2O3S. The molecule has 8 heteroatoms. The number of rotatable bonds is 6. The van der Waals surface area contributed by atoms with Crippen LogP contribution in [0.4, 0.5) is 14.5 Å². The third kappa shape index (κ3) is 4.61. The topological polar surface area (TPSA) is 66.5 Å². The lowest BCUT2D eigenvalue weighted by atomic mass is 10.2. The highest BCUT2D eigenvalue weighted by atomic mass is 32.2. The lowest BCUT2D eigenvalue weighted by Crippen LogP contribution is -2.37. The van der Waals surface area contributed by atoms with Crippen molar-refractivity contribution in [2.75, 3.05) is 18.0 Å². The van der Waals surface area contributed by atoms with E-state index in [2.05, 4.69) is 4.72 Å². The van der Waals surface area contributed by atoms with Crippen LogP contribution in [0.5, 0.6) is 0 Å². The number of hydrogen-bond donors (Lipinski definition) is 1. The molecule has 25 heavy (non-hydrogen) atoms. The molecule has 2 aromatic carbocycles. The van der Waals surface area contributed by atoms with Gasteiger partial charge in [-0.1, -0.05) is 18.2 Å². The standard InChI is InChI=1S/C17H18F2N2O3S/c1-12-5-3-4-6-17(12)25(23,24)20-9-10-21(13(2)22)14-7-8-15(18)16(19)11-14/h3-8,11,20H,9-10H2,1-2H3. The number of sulfonamides is 1. The summed E-state index contributed by atoms with van der Waals surface area (Å²) in [6.45, 7) is 2.84. The average Bonchev–Trinajstić information content (AvgIpc) is 2.54. The fraction of sp³-hybridized carbons (Fsp3) is 0.235. The third-order valence-corrected chi connectivity index (χ3v) is 5.23. The van der Waals surface area contributed by atoms with E-state index in [0.717, 1.165) is 12.1 Å². The molecule has 0 heterocycles. The smallest absolute Gasteiger partial charge is 0.240 e. The maximum absolute atomic E-state index is 13.4. The normalized spacial score (nSPS) is 11.4.